The van der Waals surface area contributed by atoms with Crippen molar-refractivity contribution in [2.75, 3.05) is 6.54 Å². The van der Waals surface area contributed by atoms with Crippen molar-refractivity contribution in [3.8, 4) is 0 Å². The molecule has 2 heterocycles. The van der Waals surface area contributed by atoms with Gasteiger partial charge in [0, 0.05) is 24.6 Å². The Hall–Kier alpha value is -2.25. The van der Waals surface area contributed by atoms with Crippen LogP contribution in [0.4, 0.5) is 0 Å². The molecule has 0 atom stereocenters. The molecule has 100 valence electrons. The van der Waals surface area contributed by atoms with Gasteiger partial charge in [-0.3, -0.25) is 9.89 Å². The van der Waals surface area contributed by atoms with E-state index in [9.17, 15) is 4.79 Å². The molecule has 2 aromatic heterocycles. The van der Waals surface area contributed by atoms with E-state index in [1.165, 1.54) is 12.8 Å². The van der Waals surface area contributed by atoms with Gasteiger partial charge in [-0.2, -0.15) is 10.3 Å². The molecule has 0 radical (unpaired) electrons. The Morgan fingerprint density at radius 3 is 3.05 bits per heavy atom. The zero-order chi connectivity index (χ0) is 13.1. The first kappa shape index (κ1) is 11.8. The van der Waals surface area contributed by atoms with E-state index >= 15 is 0 Å². The van der Waals surface area contributed by atoms with E-state index in [1.807, 2.05) is 6.07 Å². The van der Waals surface area contributed by atoms with Crippen molar-refractivity contribution >= 4 is 5.91 Å². The molecule has 8 heteroatoms. The lowest BCUT2D eigenvalue weighted by atomic mass is 10.2. The average Bonchev–Trinajstić information content (AvgIpc) is 2.95. The summed E-state index contributed by atoms with van der Waals surface area (Å²) in [5, 5.41) is 23.3. The van der Waals surface area contributed by atoms with Gasteiger partial charge in [-0.05, 0) is 25.3 Å². The third-order valence-electron chi connectivity index (χ3n) is 3.10. The first-order valence-corrected chi connectivity index (χ1v) is 6.39. The lowest BCUT2D eigenvalue weighted by Crippen LogP contribution is -2.25. The first-order valence-electron chi connectivity index (χ1n) is 6.39. The van der Waals surface area contributed by atoms with Gasteiger partial charge in [-0.15, -0.1) is 10.2 Å². The number of amides is 1. The molecule has 3 N–H and O–H groups in total. The summed E-state index contributed by atoms with van der Waals surface area (Å²) >= 11 is 0. The number of aromatic nitrogens is 6. The fourth-order valence-corrected chi connectivity index (χ4v) is 1.88. The molecule has 2 aromatic rings. The molecular formula is C11H15N7O. The Morgan fingerprint density at radius 2 is 2.32 bits per heavy atom. The second-order valence-electron chi connectivity index (χ2n) is 4.67. The van der Waals surface area contributed by atoms with Crippen molar-refractivity contribution < 1.29 is 4.79 Å². The molecule has 0 saturated heterocycles. The molecule has 0 spiro atoms. The summed E-state index contributed by atoms with van der Waals surface area (Å²) in [6, 6.07) is 1.84. The summed E-state index contributed by atoms with van der Waals surface area (Å²) in [6.45, 7) is 0.568. The molecule has 1 aliphatic carbocycles. The second-order valence-corrected chi connectivity index (χ2v) is 4.67. The summed E-state index contributed by atoms with van der Waals surface area (Å²) in [7, 11) is 0. The molecule has 1 amide bonds. The van der Waals surface area contributed by atoms with E-state index in [2.05, 4.69) is 36.1 Å². The molecule has 0 unspecified atom stereocenters. The molecule has 19 heavy (non-hydrogen) atoms. The van der Waals surface area contributed by atoms with Gasteiger partial charge >= 0.3 is 0 Å². The van der Waals surface area contributed by atoms with Crippen molar-refractivity contribution in [1.82, 2.24) is 36.1 Å². The quantitative estimate of drug-likeness (QED) is 0.641. The van der Waals surface area contributed by atoms with E-state index in [1.54, 1.807) is 0 Å². The number of aryl methyl sites for hydroxylation is 1. The Balaban J connectivity index is 1.42. The highest BCUT2D eigenvalue weighted by Gasteiger charge is 2.26. The normalized spacial score (nSPS) is 14.5. The minimum Gasteiger partial charge on any atom is -0.351 e. The maximum absolute atomic E-state index is 11.8. The summed E-state index contributed by atoms with van der Waals surface area (Å²) in [5.41, 5.74) is 1.53. The van der Waals surface area contributed by atoms with Crippen LogP contribution in [0, 0.1) is 0 Å². The van der Waals surface area contributed by atoms with Crippen LogP contribution in [-0.4, -0.2) is 43.3 Å². The molecule has 1 saturated carbocycles. The minimum absolute atomic E-state index is 0.142. The van der Waals surface area contributed by atoms with E-state index in [0.29, 0.717) is 30.4 Å². The van der Waals surface area contributed by atoms with Gasteiger partial charge in [-0.1, -0.05) is 5.21 Å². The van der Waals surface area contributed by atoms with Crippen LogP contribution < -0.4 is 5.32 Å². The molecular weight excluding hydrogens is 246 g/mol. The molecule has 1 fully saturated rings. The van der Waals surface area contributed by atoms with E-state index in [-0.39, 0.29) is 5.91 Å². The van der Waals surface area contributed by atoms with Crippen LogP contribution in [0.1, 0.15) is 47.2 Å². The third-order valence-corrected chi connectivity index (χ3v) is 3.10. The lowest BCUT2D eigenvalue weighted by Gasteiger charge is -2.00. The van der Waals surface area contributed by atoms with E-state index in [4.69, 9.17) is 0 Å². The minimum atomic E-state index is -0.142. The van der Waals surface area contributed by atoms with Crippen LogP contribution in [-0.2, 0) is 6.42 Å². The highest BCUT2D eigenvalue weighted by Crippen LogP contribution is 2.38. The van der Waals surface area contributed by atoms with Gasteiger partial charge < -0.3 is 5.32 Å². The number of carbonyl (C=O) groups excluding carboxylic acids is 1. The van der Waals surface area contributed by atoms with Crippen molar-refractivity contribution in [3.05, 3.63) is 23.3 Å². The Morgan fingerprint density at radius 1 is 1.42 bits per heavy atom. The topological polar surface area (TPSA) is 112 Å². The third kappa shape index (κ3) is 2.95. The predicted molar refractivity (Wildman–Crippen MR) is 65.4 cm³/mol. The number of nitrogens with zero attached hydrogens (tertiary/aromatic N) is 4. The Bertz CT molecular complexity index is 543. The molecule has 1 aliphatic rings. The highest BCUT2D eigenvalue weighted by molar-refractivity contribution is 5.92. The fraction of sp³-hybridized carbons (Fsp3) is 0.545. The van der Waals surface area contributed by atoms with Crippen molar-refractivity contribution in [3.63, 3.8) is 0 Å². The van der Waals surface area contributed by atoms with Crippen LogP contribution in [0.25, 0.3) is 0 Å². The Kier molecular flexibility index (Phi) is 3.21. The van der Waals surface area contributed by atoms with Crippen molar-refractivity contribution in [2.45, 2.75) is 31.6 Å². The van der Waals surface area contributed by atoms with Crippen LogP contribution in [0.15, 0.2) is 6.07 Å². The number of aromatic amines is 2. The average molecular weight is 261 g/mol. The predicted octanol–water partition coefficient (Wildman–Crippen LogP) is 0.163. The molecule has 0 aliphatic heterocycles. The summed E-state index contributed by atoms with van der Waals surface area (Å²) in [6.07, 6.45) is 3.83. The molecule has 3 rings (SSSR count). The number of hydrogen-bond donors (Lipinski definition) is 3. The van der Waals surface area contributed by atoms with Crippen molar-refractivity contribution in [1.29, 1.82) is 0 Å². The lowest BCUT2D eigenvalue weighted by molar-refractivity contribution is 0.0948. The number of rotatable bonds is 6. The fourth-order valence-electron chi connectivity index (χ4n) is 1.88. The zero-order valence-corrected chi connectivity index (χ0v) is 10.4. The summed E-state index contributed by atoms with van der Waals surface area (Å²) in [5.74, 6) is 1.09. The summed E-state index contributed by atoms with van der Waals surface area (Å²) < 4.78 is 0. The van der Waals surface area contributed by atoms with Gasteiger partial charge in [0.05, 0.1) is 0 Å². The maximum Gasteiger partial charge on any atom is 0.271 e. The van der Waals surface area contributed by atoms with Gasteiger partial charge in [0.2, 0.25) is 0 Å². The van der Waals surface area contributed by atoms with Crippen molar-refractivity contribution in [2.24, 2.45) is 0 Å². The van der Waals surface area contributed by atoms with Crippen LogP contribution in [0.5, 0.6) is 0 Å². The number of carbonyl (C=O) groups is 1. The smallest absolute Gasteiger partial charge is 0.271 e. The monoisotopic (exact) mass is 261 g/mol. The molecule has 0 aromatic carbocycles. The maximum atomic E-state index is 11.8. The van der Waals surface area contributed by atoms with E-state index in [0.717, 1.165) is 12.1 Å². The molecule has 0 bridgehead atoms. The van der Waals surface area contributed by atoms with Crippen LogP contribution >= 0.6 is 0 Å². The largest absolute Gasteiger partial charge is 0.351 e. The number of hydrogen-bond acceptors (Lipinski definition) is 5. The van der Waals surface area contributed by atoms with Crippen LogP contribution in [0.3, 0.4) is 0 Å². The first-order chi connectivity index (χ1) is 9.33. The second kappa shape index (κ2) is 5.17. The van der Waals surface area contributed by atoms with Gasteiger partial charge in [0.25, 0.3) is 5.91 Å². The van der Waals surface area contributed by atoms with E-state index < -0.39 is 0 Å². The Labute approximate surface area is 109 Å². The standard InChI is InChI=1S/C11H15N7O/c19-11(9-6-8(13-14-9)7-3-4-7)12-5-1-2-10-15-17-18-16-10/h6-7H,1-5H2,(H,12,19)(H,13,14)(H,15,16,17,18). The zero-order valence-electron chi connectivity index (χ0n) is 10.4. The number of nitrogens with one attached hydrogen (secondary N) is 3. The molecule has 8 nitrogen and oxygen atoms in total. The highest BCUT2D eigenvalue weighted by atomic mass is 16.1. The number of tetrazole rings is 1. The SMILES string of the molecule is O=C(NCCCc1nn[nH]n1)c1cc(C2CC2)[nH]n1. The summed E-state index contributed by atoms with van der Waals surface area (Å²) in [4.78, 5) is 11.8. The van der Waals surface area contributed by atoms with Gasteiger partial charge in [0.15, 0.2) is 5.82 Å². The van der Waals surface area contributed by atoms with Gasteiger partial charge in [0.1, 0.15) is 5.69 Å². The van der Waals surface area contributed by atoms with Gasteiger partial charge in [-0.25, -0.2) is 0 Å². The van der Waals surface area contributed by atoms with Crippen LogP contribution in [0.2, 0.25) is 0 Å². The number of H-pyrrole nitrogens is 2.